The second kappa shape index (κ2) is 1.29. The van der Waals surface area contributed by atoms with Crippen LogP contribution in [-0.4, -0.2) is 30.9 Å². The molecule has 0 saturated heterocycles. The zero-order valence-corrected chi connectivity index (χ0v) is 4.88. The number of hydrogen-bond acceptors (Lipinski definition) is 2. The summed E-state index contributed by atoms with van der Waals surface area (Å²) >= 11 is 0. The summed E-state index contributed by atoms with van der Waals surface area (Å²) in [4.78, 5) is 10.6. The van der Waals surface area contributed by atoms with E-state index in [-0.39, 0.29) is 10.5 Å². The van der Waals surface area contributed by atoms with Crippen LogP contribution in [0.4, 0.5) is 4.79 Å². The zero-order valence-electron chi connectivity index (χ0n) is 4.88. The van der Waals surface area contributed by atoms with E-state index in [1.54, 1.807) is 20.4 Å². The second-order valence-corrected chi connectivity index (χ2v) is 2.20. The first kappa shape index (κ1) is 5.24. The first-order valence-corrected chi connectivity index (χ1v) is 2.31. The van der Waals surface area contributed by atoms with Crippen molar-refractivity contribution in [2.75, 3.05) is 14.1 Å². The molecule has 0 fully saturated rings. The van der Waals surface area contributed by atoms with Crippen LogP contribution in [0.5, 0.6) is 0 Å². The van der Waals surface area contributed by atoms with Gasteiger partial charge in [0.1, 0.15) is 0 Å². The van der Waals surface area contributed by atoms with Crippen LogP contribution in [0.25, 0.3) is 0 Å². The molecule has 8 heavy (non-hydrogen) atoms. The molecule has 1 heterocycles. The Bertz CT molecular complexity index is 149. The van der Waals surface area contributed by atoms with Gasteiger partial charge in [-0.15, -0.1) is 5.10 Å². The molecule has 4 heteroatoms. The third-order valence-electron chi connectivity index (χ3n) is 1.03. The maximum absolute atomic E-state index is 10.6. The SMILES string of the molecule is C[N+]1(C)C=NNC1=O. The fraction of sp³-hybridized carbons (Fsp3) is 0.500. The molecule has 4 nitrogen and oxygen atoms in total. The molecule has 44 valence electrons. The lowest BCUT2D eigenvalue weighted by Crippen LogP contribution is -2.43. The lowest BCUT2D eigenvalue weighted by atomic mass is 10.7. The van der Waals surface area contributed by atoms with Crippen LogP contribution in [-0.2, 0) is 0 Å². The lowest BCUT2D eigenvalue weighted by molar-refractivity contribution is -0.699. The molecule has 0 bridgehead atoms. The number of rotatable bonds is 0. The van der Waals surface area contributed by atoms with E-state index in [0.29, 0.717) is 0 Å². The van der Waals surface area contributed by atoms with Gasteiger partial charge in [0.2, 0.25) is 6.34 Å². The third kappa shape index (κ3) is 0.586. The Morgan fingerprint density at radius 2 is 2.38 bits per heavy atom. The van der Waals surface area contributed by atoms with E-state index in [4.69, 9.17) is 0 Å². The molecule has 1 rings (SSSR count). The summed E-state index contributed by atoms with van der Waals surface area (Å²) in [7, 11) is 3.51. The van der Waals surface area contributed by atoms with Gasteiger partial charge < -0.3 is 0 Å². The summed E-state index contributed by atoms with van der Waals surface area (Å²) in [5.41, 5.74) is 2.31. The quantitative estimate of drug-likeness (QED) is 0.433. The summed E-state index contributed by atoms with van der Waals surface area (Å²) in [6, 6.07) is -0.0926. The van der Waals surface area contributed by atoms with Gasteiger partial charge in [0.05, 0.1) is 14.1 Å². The van der Waals surface area contributed by atoms with Crippen LogP contribution in [0.2, 0.25) is 0 Å². The molecule has 0 saturated carbocycles. The van der Waals surface area contributed by atoms with Crippen molar-refractivity contribution in [3.63, 3.8) is 0 Å². The number of quaternary nitrogens is 1. The van der Waals surface area contributed by atoms with Gasteiger partial charge in [-0.05, 0) is 0 Å². The van der Waals surface area contributed by atoms with Crippen molar-refractivity contribution in [1.29, 1.82) is 0 Å². The molecule has 1 N–H and O–H groups in total. The van der Waals surface area contributed by atoms with Crippen molar-refractivity contribution < 1.29 is 9.28 Å². The molecule has 2 amide bonds. The molecule has 0 radical (unpaired) electrons. The molecular formula is C4H8N3O+. The highest BCUT2D eigenvalue weighted by atomic mass is 16.2. The maximum Gasteiger partial charge on any atom is 0.442 e. The number of urea groups is 1. The van der Waals surface area contributed by atoms with Gasteiger partial charge in [-0.3, -0.25) is 0 Å². The molecule has 0 spiro atoms. The topological polar surface area (TPSA) is 41.5 Å². The number of carbonyl (C=O) groups is 1. The number of nitrogens with one attached hydrogen (secondary N) is 1. The Hall–Kier alpha value is -0.900. The average molecular weight is 114 g/mol. The van der Waals surface area contributed by atoms with Crippen LogP contribution in [0.3, 0.4) is 0 Å². The molecular weight excluding hydrogens is 106 g/mol. The minimum atomic E-state index is -0.0926. The minimum Gasteiger partial charge on any atom is -0.205 e. The summed E-state index contributed by atoms with van der Waals surface area (Å²) in [6.07, 6.45) is 1.54. The summed E-state index contributed by atoms with van der Waals surface area (Å²) < 4.78 is 0.194. The fourth-order valence-electron chi connectivity index (χ4n) is 0.410. The predicted octanol–water partition coefficient (Wildman–Crippen LogP) is -0.271. The lowest BCUT2D eigenvalue weighted by Gasteiger charge is -2.11. The van der Waals surface area contributed by atoms with Gasteiger partial charge in [0.15, 0.2) is 0 Å². The zero-order chi connectivity index (χ0) is 6.20. The number of amides is 2. The molecule has 0 aromatic heterocycles. The average Bonchev–Trinajstić information content (AvgIpc) is 1.86. The van der Waals surface area contributed by atoms with Crippen LogP contribution in [0, 0.1) is 0 Å². The molecule has 1 aliphatic heterocycles. The minimum absolute atomic E-state index is 0.0926. The molecule has 0 aliphatic carbocycles. The van der Waals surface area contributed by atoms with E-state index in [1.807, 2.05) is 0 Å². The standard InChI is InChI=1S/C4H7N3O/c1-7(2)3-5-6-4(7)8/h3H,1-2H3/p+1. The Morgan fingerprint density at radius 1 is 1.75 bits per heavy atom. The number of carbonyl (C=O) groups excluding carboxylic acids is 1. The predicted molar refractivity (Wildman–Crippen MR) is 29.1 cm³/mol. The molecule has 0 aromatic carbocycles. The van der Waals surface area contributed by atoms with Gasteiger partial charge in [-0.2, -0.15) is 5.43 Å². The number of hydrazone groups is 1. The normalized spacial score (nSPS) is 23.5. The second-order valence-electron chi connectivity index (χ2n) is 2.20. The van der Waals surface area contributed by atoms with E-state index in [2.05, 4.69) is 10.5 Å². The van der Waals surface area contributed by atoms with Crippen LogP contribution < -0.4 is 5.43 Å². The maximum atomic E-state index is 10.6. The first-order valence-electron chi connectivity index (χ1n) is 2.31. The number of nitrogens with zero attached hydrogens (tertiary/aromatic N) is 2. The fourth-order valence-corrected chi connectivity index (χ4v) is 0.410. The van der Waals surface area contributed by atoms with Gasteiger partial charge in [-0.25, -0.2) is 9.28 Å². The van der Waals surface area contributed by atoms with E-state index < -0.39 is 0 Å². The Kier molecular flexibility index (Phi) is 0.844. The summed E-state index contributed by atoms with van der Waals surface area (Å²) in [5.74, 6) is 0. The smallest absolute Gasteiger partial charge is 0.205 e. The molecule has 1 aliphatic rings. The van der Waals surface area contributed by atoms with Gasteiger partial charge in [-0.1, -0.05) is 0 Å². The van der Waals surface area contributed by atoms with E-state index in [9.17, 15) is 4.79 Å². The summed E-state index contributed by atoms with van der Waals surface area (Å²) in [5, 5.41) is 3.56. The van der Waals surface area contributed by atoms with E-state index in [1.165, 1.54) is 0 Å². The van der Waals surface area contributed by atoms with Crippen molar-refractivity contribution in [2.45, 2.75) is 0 Å². The van der Waals surface area contributed by atoms with Gasteiger partial charge in [0, 0.05) is 0 Å². The van der Waals surface area contributed by atoms with Gasteiger partial charge in [0.25, 0.3) is 0 Å². The molecule has 0 unspecified atom stereocenters. The first-order chi connectivity index (χ1) is 3.63. The highest BCUT2D eigenvalue weighted by Crippen LogP contribution is 1.97. The van der Waals surface area contributed by atoms with Crippen molar-refractivity contribution in [3.05, 3.63) is 0 Å². The third-order valence-corrected chi connectivity index (χ3v) is 1.03. The Morgan fingerprint density at radius 3 is 2.50 bits per heavy atom. The van der Waals surface area contributed by atoms with E-state index in [0.717, 1.165) is 0 Å². The van der Waals surface area contributed by atoms with Crippen LogP contribution in [0.15, 0.2) is 5.10 Å². The van der Waals surface area contributed by atoms with Crippen LogP contribution in [0.1, 0.15) is 0 Å². The van der Waals surface area contributed by atoms with Gasteiger partial charge >= 0.3 is 6.03 Å². The van der Waals surface area contributed by atoms with Crippen molar-refractivity contribution in [3.8, 4) is 0 Å². The van der Waals surface area contributed by atoms with E-state index >= 15 is 0 Å². The van der Waals surface area contributed by atoms with Crippen molar-refractivity contribution in [2.24, 2.45) is 5.10 Å². The highest BCUT2D eigenvalue weighted by molar-refractivity contribution is 5.79. The van der Waals surface area contributed by atoms with Crippen LogP contribution >= 0.6 is 0 Å². The number of hydrogen-bond donors (Lipinski definition) is 1. The summed E-state index contributed by atoms with van der Waals surface area (Å²) in [6.45, 7) is 0. The largest absolute Gasteiger partial charge is 0.442 e. The monoisotopic (exact) mass is 114 g/mol. The highest BCUT2D eigenvalue weighted by Gasteiger charge is 2.28. The van der Waals surface area contributed by atoms with Crippen molar-refractivity contribution in [1.82, 2.24) is 5.43 Å². The molecule has 0 aromatic rings. The Balaban J connectivity index is 2.82. The Labute approximate surface area is 47.4 Å². The molecule has 0 atom stereocenters. The van der Waals surface area contributed by atoms with Crippen molar-refractivity contribution >= 4 is 12.4 Å².